The number of carbonyl (C=O) groups is 3. The van der Waals surface area contributed by atoms with E-state index < -0.39 is 11.8 Å². The zero-order valence-electron chi connectivity index (χ0n) is 11.1. The van der Waals surface area contributed by atoms with Crippen LogP contribution in [0.2, 0.25) is 0 Å². The molecule has 0 spiro atoms. The van der Waals surface area contributed by atoms with Gasteiger partial charge in [0.05, 0.1) is 0 Å². The van der Waals surface area contributed by atoms with E-state index in [0.29, 0.717) is 0 Å². The number of hydrogen-bond acceptors (Lipinski definition) is 4. The van der Waals surface area contributed by atoms with Crippen molar-refractivity contribution in [3.8, 4) is 0 Å². The summed E-state index contributed by atoms with van der Waals surface area (Å²) in [5.41, 5.74) is 5.20. The van der Waals surface area contributed by atoms with Gasteiger partial charge in [-0.3, -0.25) is 14.4 Å². The van der Waals surface area contributed by atoms with Gasteiger partial charge in [-0.25, -0.2) is 0 Å². The third-order valence-corrected chi connectivity index (χ3v) is 2.97. The van der Waals surface area contributed by atoms with Crippen LogP contribution in [0.15, 0.2) is 0 Å². The van der Waals surface area contributed by atoms with Crippen molar-refractivity contribution in [1.29, 1.82) is 0 Å². The summed E-state index contributed by atoms with van der Waals surface area (Å²) in [6.45, 7) is 2.32. The first-order valence-electron chi connectivity index (χ1n) is 6.69. The standard InChI is InChI=1S/C12H22N4O3/c13-5-7-15-12(19)11(18)14-6-4-10(17)16-8-2-1-3-9-16/h1-9,13H2,(H,14,18)(H,15,19). The number of amides is 3. The Labute approximate surface area is 112 Å². The van der Waals surface area contributed by atoms with Crippen LogP contribution < -0.4 is 16.4 Å². The average molecular weight is 270 g/mol. The number of hydrogen-bond donors (Lipinski definition) is 3. The highest BCUT2D eigenvalue weighted by molar-refractivity contribution is 6.35. The molecule has 1 rings (SSSR count). The van der Waals surface area contributed by atoms with Gasteiger partial charge in [-0.2, -0.15) is 0 Å². The predicted molar refractivity (Wildman–Crippen MR) is 70.1 cm³/mol. The predicted octanol–water partition coefficient (Wildman–Crippen LogP) is -1.42. The minimum Gasteiger partial charge on any atom is -0.347 e. The lowest BCUT2D eigenvalue weighted by molar-refractivity contribution is -0.139. The van der Waals surface area contributed by atoms with Crippen molar-refractivity contribution in [2.24, 2.45) is 5.73 Å². The lowest BCUT2D eigenvalue weighted by Gasteiger charge is -2.26. The Morgan fingerprint density at radius 1 is 0.947 bits per heavy atom. The molecule has 0 unspecified atom stereocenters. The van der Waals surface area contributed by atoms with Gasteiger partial charge in [0.15, 0.2) is 0 Å². The zero-order chi connectivity index (χ0) is 14.1. The van der Waals surface area contributed by atoms with Gasteiger partial charge >= 0.3 is 11.8 Å². The van der Waals surface area contributed by atoms with Crippen LogP contribution in [0, 0.1) is 0 Å². The monoisotopic (exact) mass is 270 g/mol. The maximum atomic E-state index is 11.8. The van der Waals surface area contributed by atoms with Gasteiger partial charge < -0.3 is 21.3 Å². The topological polar surface area (TPSA) is 105 Å². The van der Waals surface area contributed by atoms with Gasteiger partial charge in [-0.05, 0) is 19.3 Å². The average Bonchev–Trinajstić information content (AvgIpc) is 2.45. The molecule has 0 aromatic heterocycles. The van der Waals surface area contributed by atoms with E-state index in [0.717, 1.165) is 25.9 Å². The summed E-state index contributed by atoms with van der Waals surface area (Å²) in [4.78, 5) is 36.1. The highest BCUT2D eigenvalue weighted by Gasteiger charge is 2.17. The van der Waals surface area contributed by atoms with Crippen LogP contribution in [0.25, 0.3) is 0 Å². The number of piperidine rings is 1. The minimum atomic E-state index is -0.722. The number of rotatable bonds is 5. The summed E-state index contributed by atoms with van der Waals surface area (Å²) in [5.74, 6) is -1.40. The molecule has 1 heterocycles. The second kappa shape index (κ2) is 8.47. The number of nitrogens with zero attached hydrogens (tertiary/aromatic N) is 1. The molecule has 3 amide bonds. The van der Waals surface area contributed by atoms with Gasteiger partial charge in [0.1, 0.15) is 0 Å². The largest absolute Gasteiger partial charge is 0.347 e. The summed E-state index contributed by atoms with van der Waals surface area (Å²) in [7, 11) is 0. The molecule has 1 aliphatic heterocycles. The molecule has 1 saturated heterocycles. The second-order valence-corrected chi connectivity index (χ2v) is 4.49. The lowest BCUT2D eigenvalue weighted by Crippen LogP contribution is -2.43. The maximum absolute atomic E-state index is 11.8. The number of nitrogens with one attached hydrogen (secondary N) is 2. The lowest BCUT2D eigenvalue weighted by atomic mass is 10.1. The molecule has 0 aromatic carbocycles. The Kier molecular flexibility index (Phi) is 6.88. The van der Waals surface area contributed by atoms with Crippen LogP contribution in [0.1, 0.15) is 25.7 Å². The summed E-state index contributed by atoms with van der Waals surface area (Å²) in [6.07, 6.45) is 3.48. The molecule has 0 saturated carbocycles. The van der Waals surface area contributed by atoms with E-state index in [1.165, 1.54) is 6.42 Å². The molecule has 0 aliphatic carbocycles. The SMILES string of the molecule is NCCNC(=O)C(=O)NCCC(=O)N1CCCCC1. The van der Waals surface area contributed by atoms with Gasteiger partial charge in [0.25, 0.3) is 0 Å². The molecule has 4 N–H and O–H groups in total. The van der Waals surface area contributed by atoms with Crippen LogP contribution >= 0.6 is 0 Å². The summed E-state index contributed by atoms with van der Waals surface area (Å²) in [5, 5.41) is 4.78. The van der Waals surface area contributed by atoms with Gasteiger partial charge in [-0.15, -0.1) is 0 Å². The highest BCUT2D eigenvalue weighted by atomic mass is 16.2. The van der Waals surface area contributed by atoms with Crippen LogP contribution in [-0.4, -0.2) is 55.3 Å². The molecule has 19 heavy (non-hydrogen) atoms. The van der Waals surface area contributed by atoms with E-state index in [-0.39, 0.29) is 32.0 Å². The normalized spacial score (nSPS) is 14.9. The minimum absolute atomic E-state index is 0.0300. The van der Waals surface area contributed by atoms with E-state index in [2.05, 4.69) is 10.6 Å². The first-order chi connectivity index (χ1) is 9.15. The number of nitrogens with two attached hydrogens (primary N) is 1. The smallest absolute Gasteiger partial charge is 0.309 e. The van der Waals surface area contributed by atoms with Crippen LogP contribution in [0.5, 0.6) is 0 Å². The first kappa shape index (κ1) is 15.4. The molecule has 7 nitrogen and oxygen atoms in total. The molecule has 108 valence electrons. The molecule has 0 bridgehead atoms. The summed E-state index contributed by atoms with van der Waals surface area (Å²) < 4.78 is 0. The zero-order valence-corrected chi connectivity index (χ0v) is 11.1. The van der Waals surface area contributed by atoms with Crippen LogP contribution in [0.4, 0.5) is 0 Å². The first-order valence-corrected chi connectivity index (χ1v) is 6.69. The second-order valence-electron chi connectivity index (χ2n) is 4.49. The Morgan fingerprint density at radius 2 is 1.53 bits per heavy atom. The van der Waals surface area contributed by atoms with Gasteiger partial charge in [-0.1, -0.05) is 0 Å². The molecule has 0 radical (unpaired) electrons. The van der Waals surface area contributed by atoms with E-state index in [1.807, 2.05) is 4.90 Å². The fourth-order valence-electron chi connectivity index (χ4n) is 1.93. The molecule has 1 aliphatic rings. The van der Waals surface area contributed by atoms with Crippen molar-refractivity contribution in [3.05, 3.63) is 0 Å². The van der Waals surface area contributed by atoms with E-state index >= 15 is 0 Å². The van der Waals surface area contributed by atoms with Crippen molar-refractivity contribution in [2.75, 3.05) is 32.7 Å². The molecular formula is C12H22N4O3. The van der Waals surface area contributed by atoms with E-state index in [9.17, 15) is 14.4 Å². The van der Waals surface area contributed by atoms with Crippen molar-refractivity contribution < 1.29 is 14.4 Å². The maximum Gasteiger partial charge on any atom is 0.309 e. The van der Waals surface area contributed by atoms with E-state index in [4.69, 9.17) is 5.73 Å². The Bertz CT molecular complexity index is 327. The fourth-order valence-corrected chi connectivity index (χ4v) is 1.93. The number of carbonyl (C=O) groups excluding carboxylic acids is 3. The molecule has 0 aromatic rings. The van der Waals surface area contributed by atoms with Gasteiger partial charge in [0, 0.05) is 39.1 Å². The van der Waals surface area contributed by atoms with Crippen LogP contribution in [-0.2, 0) is 14.4 Å². The van der Waals surface area contributed by atoms with Crippen molar-refractivity contribution in [3.63, 3.8) is 0 Å². The summed E-state index contributed by atoms with van der Waals surface area (Å²) >= 11 is 0. The van der Waals surface area contributed by atoms with Crippen LogP contribution in [0.3, 0.4) is 0 Å². The molecular weight excluding hydrogens is 248 g/mol. The Balaban J connectivity index is 2.16. The quantitative estimate of drug-likeness (QED) is 0.533. The van der Waals surface area contributed by atoms with Crippen molar-refractivity contribution >= 4 is 17.7 Å². The summed E-state index contributed by atoms with van der Waals surface area (Å²) in [6, 6.07) is 0. The fraction of sp³-hybridized carbons (Fsp3) is 0.750. The third kappa shape index (κ3) is 5.69. The highest BCUT2D eigenvalue weighted by Crippen LogP contribution is 2.09. The number of likely N-dealkylation sites (tertiary alicyclic amines) is 1. The molecule has 1 fully saturated rings. The molecule has 0 atom stereocenters. The van der Waals surface area contributed by atoms with Gasteiger partial charge in [0.2, 0.25) is 5.91 Å². The third-order valence-electron chi connectivity index (χ3n) is 2.97. The Hall–Kier alpha value is -1.63. The van der Waals surface area contributed by atoms with E-state index in [1.54, 1.807) is 0 Å². The Morgan fingerprint density at radius 3 is 2.11 bits per heavy atom. The van der Waals surface area contributed by atoms with Crippen molar-refractivity contribution in [2.45, 2.75) is 25.7 Å². The molecule has 7 heteroatoms. The van der Waals surface area contributed by atoms with Crippen molar-refractivity contribution in [1.82, 2.24) is 15.5 Å².